The van der Waals surface area contributed by atoms with Gasteiger partial charge >= 0.3 is 0 Å². The topological polar surface area (TPSA) is 58.6 Å². The van der Waals surface area contributed by atoms with Crippen LogP contribution in [0.25, 0.3) is 11.3 Å². The van der Waals surface area contributed by atoms with E-state index in [9.17, 15) is 4.79 Å². The second-order valence-electron chi connectivity index (χ2n) is 7.19. The molecule has 30 heavy (non-hydrogen) atoms. The number of amides is 1. The Labute approximate surface area is 181 Å². The number of hydrogen-bond donors (Lipinski definition) is 0. The number of benzene rings is 2. The molecule has 0 saturated carbocycles. The average molecular weight is 423 g/mol. The summed E-state index contributed by atoms with van der Waals surface area (Å²) in [5, 5.41) is 0.685. The van der Waals surface area contributed by atoms with Crippen LogP contribution in [0.3, 0.4) is 0 Å². The molecule has 6 nitrogen and oxygen atoms in total. The summed E-state index contributed by atoms with van der Waals surface area (Å²) < 4.78 is 5.65. The second-order valence-corrected chi connectivity index (χ2v) is 7.60. The number of nitrogens with zero attached hydrogens (tertiary/aromatic N) is 4. The van der Waals surface area contributed by atoms with Crippen LogP contribution < -0.4 is 9.64 Å². The highest BCUT2D eigenvalue weighted by Crippen LogP contribution is 2.22. The van der Waals surface area contributed by atoms with E-state index in [1.165, 1.54) is 0 Å². The zero-order valence-electron chi connectivity index (χ0n) is 16.8. The standard InChI is InChI=1S/C23H23ClN4O2/c1-17-13-19(7-8-20(17)24)30-15-23(29)28-11-9-27(10-12-28)22-14-21(25-16-26-22)18-5-3-2-4-6-18/h2-8,13-14,16H,9-12,15H2,1H3. The van der Waals surface area contributed by atoms with Crippen molar-refractivity contribution in [2.75, 3.05) is 37.7 Å². The predicted molar refractivity (Wildman–Crippen MR) is 118 cm³/mol. The molecule has 4 rings (SSSR count). The highest BCUT2D eigenvalue weighted by molar-refractivity contribution is 6.31. The van der Waals surface area contributed by atoms with E-state index in [0.29, 0.717) is 23.9 Å². The molecule has 7 heteroatoms. The van der Waals surface area contributed by atoms with Gasteiger partial charge in [-0.2, -0.15) is 0 Å². The Hall–Kier alpha value is -3.12. The van der Waals surface area contributed by atoms with Crippen LogP contribution >= 0.6 is 11.6 Å². The van der Waals surface area contributed by atoms with Crippen molar-refractivity contribution in [2.24, 2.45) is 0 Å². The van der Waals surface area contributed by atoms with E-state index >= 15 is 0 Å². The summed E-state index contributed by atoms with van der Waals surface area (Å²) in [6, 6.07) is 17.4. The van der Waals surface area contributed by atoms with Gasteiger partial charge in [0.15, 0.2) is 6.61 Å². The quantitative estimate of drug-likeness (QED) is 0.625. The van der Waals surface area contributed by atoms with Crippen molar-refractivity contribution in [3.63, 3.8) is 0 Å². The van der Waals surface area contributed by atoms with Crippen LogP contribution in [0.5, 0.6) is 5.75 Å². The van der Waals surface area contributed by atoms with E-state index in [-0.39, 0.29) is 12.5 Å². The molecule has 1 aliphatic heterocycles. The van der Waals surface area contributed by atoms with E-state index in [1.54, 1.807) is 18.5 Å². The molecule has 0 aliphatic carbocycles. The summed E-state index contributed by atoms with van der Waals surface area (Å²) in [4.78, 5) is 25.4. The molecular formula is C23H23ClN4O2. The van der Waals surface area contributed by atoms with Crippen molar-refractivity contribution in [1.29, 1.82) is 0 Å². The van der Waals surface area contributed by atoms with Crippen LogP contribution in [-0.4, -0.2) is 53.6 Å². The van der Waals surface area contributed by atoms with E-state index in [0.717, 1.165) is 35.7 Å². The number of hydrogen-bond acceptors (Lipinski definition) is 5. The van der Waals surface area contributed by atoms with Crippen molar-refractivity contribution in [3.8, 4) is 17.0 Å². The molecule has 0 bridgehead atoms. The van der Waals surface area contributed by atoms with E-state index in [2.05, 4.69) is 14.9 Å². The smallest absolute Gasteiger partial charge is 0.260 e. The van der Waals surface area contributed by atoms with Crippen LogP contribution in [0.1, 0.15) is 5.56 Å². The first-order valence-corrected chi connectivity index (χ1v) is 10.3. The number of rotatable bonds is 5. The van der Waals surface area contributed by atoms with Crippen molar-refractivity contribution in [1.82, 2.24) is 14.9 Å². The predicted octanol–water partition coefficient (Wildman–Crippen LogP) is 3.83. The van der Waals surface area contributed by atoms with E-state index < -0.39 is 0 Å². The van der Waals surface area contributed by atoms with Crippen molar-refractivity contribution in [2.45, 2.75) is 6.92 Å². The van der Waals surface area contributed by atoms with Gasteiger partial charge in [-0.3, -0.25) is 4.79 Å². The molecular weight excluding hydrogens is 400 g/mol. The molecule has 1 fully saturated rings. The Bertz CT molecular complexity index is 1020. The first kappa shape index (κ1) is 20.2. The third kappa shape index (κ3) is 4.71. The Morgan fingerprint density at radius 1 is 1.03 bits per heavy atom. The van der Waals surface area contributed by atoms with Crippen molar-refractivity contribution in [3.05, 3.63) is 71.5 Å². The van der Waals surface area contributed by atoms with Gasteiger partial charge in [-0.15, -0.1) is 0 Å². The fourth-order valence-electron chi connectivity index (χ4n) is 3.42. The number of carbonyl (C=O) groups is 1. The number of aromatic nitrogens is 2. The third-order valence-electron chi connectivity index (χ3n) is 5.17. The molecule has 1 saturated heterocycles. The lowest BCUT2D eigenvalue weighted by Gasteiger charge is -2.35. The normalized spacial score (nSPS) is 13.9. The zero-order valence-corrected chi connectivity index (χ0v) is 17.5. The number of aryl methyl sites for hydroxylation is 1. The third-order valence-corrected chi connectivity index (χ3v) is 5.59. The summed E-state index contributed by atoms with van der Waals surface area (Å²) in [7, 11) is 0. The molecule has 2 aromatic carbocycles. The van der Waals surface area contributed by atoms with E-state index in [4.69, 9.17) is 16.3 Å². The average Bonchev–Trinajstić information content (AvgIpc) is 2.80. The maximum Gasteiger partial charge on any atom is 0.260 e. The summed E-state index contributed by atoms with van der Waals surface area (Å²) in [5.74, 6) is 1.51. The van der Waals surface area contributed by atoms with Gasteiger partial charge in [0.1, 0.15) is 17.9 Å². The fourth-order valence-corrected chi connectivity index (χ4v) is 3.53. The Morgan fingerprint density at radius 3 is 2.53 bits per heavy atom. The lowest BCUT2D eigenvalue weighted by molar-refractivity contribution is -0.133. The Kier molecular flexibility index (Phi) is 6.14. The van der Waals surface area contributed by atoms with Crippen LogP contribution in [0.15, 0.2) is 60.9 Å². The van der Waals surface area contributed by atoms with Gasteiger partial charge in [-0.25, -0.2) is 9.97 Å². The molecule has 1 aromatic heterocycles. The SMILES string of the molecule is Cc1cc(OCC(=O)N2CCN(c3cc(-c4ccccc4)ncn3)CC2)ccc1Cl. The first-order valence-electron chi connectivity index (χ1n) is 9.89. The summed E-state index contributed by atoms with van der Waals surface area (Å²) in [5.41, 5.74) is 2.88. The lowest BCUT2D eigenvalue weighted by atomic mass is 10.1. The molecule has 0 unspecified atom stereocenters. The monoisotopic (exact) mass is 422 g/mol. The maximum atomic E-state index is 12.5. The molecule has 0 radical (unpaired) electrons. The van der Waals surface area contributed by atoms with Gasteiger partial charge in [0.2, 0.25) is 0 Å². The summed E-state index contributed by atoms with van der Waals surface area (Å²) >= 11 is 6.03. The number of anilines is 1. The number of carbonyl (C=O) groups excluding carboxylic acids is 1. The van der Waals surface area contributed by atoms with Gasteiger partial charge in [0.25, 0.3) is 5.91 Å². The fraction of sp³-hybridized carbons (Fsp3) is 0.261. The number of halogens is 1. The van der Waals surface area contributed by atoms with Crippen LogP contribution in [0.4, 0.5) is 5.82 Å². The number of piperazine rings is 1. The molecule has 2 heterocycles. The van der Waals surface area contributed by atoms with Gasteiger partial charge in [-0.1, -0.05) is 41.9 Å². The van der Waals surface area contributed by atoms with Gasteiger partial charge in [0.05, 0.1) is 5.69 Å². The van der Waals surface area contributed by atoms with Crippen LogP contribution in [-0.2, 0) is 4.79 Å². The van der Waals surface area contributed by atoms with Crippen LogP contribution in [0.2, 0.25) is 5.02 Å². The minimum atomic E-state index is -0.0186. The van der Waals surface area contributed by atoms with Gasteiger partial charge < -0.3 is 14.5 Å². The Balaban J connectivity index is 1.32. The van der Waals surface area contributed by atoms with Crippen molar-refractivity contribution >= 4 is 23.3 Å². The molecule has 0 N–H and O–H groups in total. The minimum Gasteiger partial charge on any atom is -0.484 e. The molecule has 0 atom stereocenters. The molecule has 3 aromatic rings. The van der Waals surface area contributed by atoms with Gasteiger partial charge in [0, 0.05) is 42.8 Å². The zero-order chi connectivity index (χ0) is 20.9. The van der Waals surface area contributed by atoms with Crippen molar-refractivity contribution < 1.29 is 9.53 Å². The molecule has 1 amide bonds. The lowest BCUT2D eigenvalue weighted by Crippen LogP contribution is -2.50. The molecule has 154 valence electrons. The Morgan fingerprint density at radius 2 is 1.80 bits per heavy atom. The summed E-state index contributed by atoms with van der Waals surface area (Å²) in [6.45, 7) is 4.63. The van der Waals surface area contributed by atoms with Gasteiger partial charge in [-0.05, 0) is 30.7 Å². The van der Waals surface area contributed by atoms with E-state index in [1.807, 2.05) is 54.3 Å². The molecule has 0 spiro atoms. The maximum absolute atomic E-state index is 12.5. The molecule has 1 aliphatic rings. The second kappa shape index (κ2) is 9.13. The summed E-state index contributed by atoms with van der Waals surface area (Å²) in [6.07, 6.45) is 1.59. The largest absolute Gasteiger partial charge is 0.484 e. The minimum absolute atomic E-state index is 0.0186. The highest BCUT2D eigenvalue weighted by atomic mass is 35.5. The highest BCUT2D eigenvalue weighted by Gasteiger charge is 2.22. The number of ether oxygens (including phenoxy) is 1. The van der Waals surface area contributed by atoms with Crippen LogP contribution in [0, 0.1) is 6.92 Å². The first-order chi connectivity index (χ1) is 14.6.